The minimum atomic E-state index is -0.0669. The average molecular weight is 422 g/mol. The number of amides is 2. The van der Waals surface area contributed by atoms with Crippen molar-refractivity contribution < 1.29 is 9.53 Å². The minimum absolute atomic E-state index is 0.0669. The Hall–Kier alpha value is -3.46. The van der Waals surface area contributed by atoms with Gasteiger partial charge in [0.25, 0.3) is 0 Å². The summed E-state index contributed by atoms with van der Waals surface area (Å²) in [6, 6.07) is 15.5. The van der Waals surface area contributed by atoms with Gasteiger partial charge in [0.2, 0.25) is 0 Å². The summed E-state index contributed by atoms with van der Waals surface area (Å²) in [5.41, 5.74) is 2.87. The van der Waals surface area contributed by atoms with Crippen LogP contribution in [0.2, 0.25) is 0 Å². The Morgan fingerprint density at radius 2 is 1.74 bits per heavy atom. The van der Waals surface area contributed by atoms with E-state index in [1.807, 2.05) is 67.3 Å². The van der Waals surface area contributed by atoms with E-state index < -0.39 is 0 Å². The van der Waals surface area contributed by atoms with Crippen LogP contribution in [0.15, 0.2) is 48.5 Å². The fourth-order valence-corrected chi connectivity index (χ4v) is 3.50. The lowest BCUT2D eigenvalue weighted by molar-refractivity contribution is 0.140. The predicted octanol–water partition coefficient (Wildman–Crippen LogP) is 2.72. The molecule has 0 saturated carbocycles. The summed E-state index contributed by atoms with van der Waals surface area (Å²) in [7, 11) is 0. The molecule has 162 valence electrons. The van der Waals surface area contributed by atoms with Crippen molar-refractivity contribution in [1.82, 2.24) is 30.0 Å². The summed E-state index contributed by atoms with van der Waals surface area (Å²) < 4.78 is 7.24. The second-order valence-corrected chi connectivity index (χ2v) is 7.49. The van der Waals surface area contributed by atoms with Crippen LogP contribution in [0.25, 0.3) is 5.69 Å². The molecular formula is C22H27N7O2. The predicted molar refractivity (Wildman–Crippen MR) is 117 cm³/mol. The monoisotopic (exact) mass is 421 g/mol. The van der Waals surface area contributed by atoms with Gasteiger partial charge in [0.1, 0.15) is 5.75 Å². The number of aromatic nitrogens is 4. The fourth-order valence-electron chi connectivity index (χ4n) is 3.50. The molecule has 1 saturated heterocycles. The van der Waals surface area contributed by atoms with Gasteiger partial charge in [-0.25, -0.2) is 4.79 Å². The first-order valence-electron chi connectivity index (χ1n) is 10.5. The summed E-state index contributed by atoms with van der Waals surface area (Å²) in [6.45, 7) is 8.06. The minimum Gasteiger partial charge on any atom is -0.494 e. The molecule has 4 rings (SSSR count). The summed E-state index contributed by atoms with van der Waals surface area (Å²) in [5.74, 6) is 1.59. The van der Waals surface area contributed by atoms with Crippen LogP contribution in [0, 0.1) is 6.92 Å². The highest BCUT2D eigenvalue weighted by Gasteiger charge is 2.23. The average Bonchev–Trinajstić information content (AvgIpc) is 3.25. The standard InChI is InChI=1S/C22H27N7O2/c1-3-31-20-10-8-19(9-11-20)29-21(24-25-26-29)16-27-12-14-28(15-13-27)22(30)23-18-6-4-17(2)5-7-18/h4-11H,3,12-16H2,1-2H3,(H,23,30). The summed E-state index contributed by atoms with van der Waals surface area (Å²) >= 11 is 0. The number of tetrazole rings is 1. The van der Waals surface area contributed by atoms with Crippen LogP contribution in [0.4, 0.5) is 10.5 Å². The molecule has 2 heterocycles. The van der Waals surface area contributed by atoms with E-state index in [-0.39, 0.29) is 6.03 Å². The van der Waals surface area contributed by atoms with Gasteiger partial charge in [-0.05, 0) is 60.7 Å². The topological polar surface area (TPSA) is 88.4 Å². The molecule has 1 aliphatic heterocycles. The number of piperazine rings is 1. The molecule has 0 spiro atoms. The lowest BCUT2D eigenvalue weighted by atomic mass is 10.2. The van der Waals surface area contributed by atoms with E-state index in [4.69, 9.17) is 4.74 Å². The highest BCUT2D eigenvalue weighted by atomic mass is 16.5. The number of ether oxygens (including phenoxy) is 1. The zero-order chi connectivity index (χ0) is 21.6. The van der Waals surface area contributed by atoms with Crippen molar-refractivity contribution >= 4 is 11.7 Å². The largest absolute Gasteiger partial charge is 0.494 e. The normalized spacial score (nSPS) is 14.5. The molecule has 2 aromatic carbocycles. The molecule has 0 radical (unpaired) electrons. The Labute approximate surface area is 181 Å². The highest BCUT2D eigenvalue weighted by Crippen LogP contribution is 2.17. The number of anilines is 1. The van der Waals surface area contributed by atoms with Crippen molar-refractivity contribution in [3.05, 3.63) is 59.9 Å². The first-order valence-corrected chi connectivity index (χ1v) is 10.5. The molecular weight excluding hydrogens is 394 g/mol. The van der Waals surface area contributed by atoms with E-state index in [1.165, 1.54) is 5.56 Å². The van der Waals surface area contributed by atoms with E-state index in [9.17, 15) is 4.79 Å². The third-order valence-corrected chi connectivity index (χ3v) is 5.25. The molecule has 2 amide bonds. The van der Waals surface area contributed by atoms with Crippen LogP contribution in [-0.4, -0.2) is 68.8 Å². The molecule has 9 nitrogen and oxygen atoms in total. The van der Waals surface area contributed by atoms with Gasteiger partial charge < -0.3 is 15.0 Å². The quantitative estimate of drug-likeness (QED) is 0.658. The molecule has 0 aliphatic carbocycles. The number of hydrogen-bond donors (Lipinski definition) is 1. The zero-order valence-electron chi connectivity index (χ0n) is 17.9. The van der Waals surface area contributed by atoms with Gasteiger partial charge in [0.05, 0.1) is 18.8 Å². The maximum absolute atomic E-state index is 12.5. The summed E-state index contributed by atoms with van der Waals surface area (Å²) in [4.78, 5) is 16.6. The molecule has 1 aliphatic rings. The van der Waals surface area contributed by atoms with Crippen LogP contribution >= 0.6 is 0 Å². The molecule has 0 atom stereocenters. The summed E-state index contributed by atoms with van der Waals surface area (Å²) in [5, 5.41) is 15.2. The van der Waals surface area contributed by atoms with Crippen LogP contribution < -0.4 is 10.1 Å². The van der Waals surface area contributed by atoms with Crippen molar-refractivity contribution in [3.63, 3.8) is 0 Å². The van der Waals surface area contributed by atoms with E-state index in [0.29, 0.717) is 26.2 Å². The number of hydrogen-bond acceptors (Lipinski definition) is 6. The highest BCUT2D eigenvalue weighted by molar-refractivity contribution is 5.89. The van der Waals surface area contributed by atoms with Gasteiger partial charge in [0.15, 0.2) is 5.82 Å². The third kappa shape index (κ3) is 5.18. The summed E-state index contributed by atoms with van der Waals surface area (Å²) in [6.07, 6.45) is 0. The number of carbonyl (C=O) groups excluding carboxylic acids is 1. The Morgan fingerprint density at radius 1 is 1.03 bits per heavy atom. The lowest BCUT2D eigenvalue weighted by Gasteiger charge is -2.34. The number of nitrogens with zero attached hydrogens (tertiary/aromatic N) is 6. The number of aryl methyl sites for hydroxylation is 1. The molecule has 0 unspecified atom stereocenters. The molecule has 3 aromatic rings. The molecule has 1 aromatic heterocycles. The van der Waals surface area contributed by atoms with Crippen LogP contribution in [0.5, 0.6) is 5.75 Å². The van der Waals surface area contributed by atoms with Crippen LogP contribution in [-0.2, 0) is 6.54 Å². The Kier molecular flexibility index (Phi) is 6.42. The SMILES string of the molecule is CCOc1ccc(-n2nnnc2CN2CCN(C(=O)Nc3ccc(C)cc3)CC2)cc1. The number of benzene rings is 2. The smallest absolute Gasteiger partial charge is 0.321 e. The maximum atomic E-state index is 12.5. The van der Waals surface area contributed by atoms with E-state index in [0.717, 1.165) is 36.0 Å². The first kappa shape index (κ1) is 20.8. The molecule has 9 heteroatoms. The van der Waals surface area contributed by atoms with Gasteiger partial charge in [0, 0.05) is 31.9 Å². The maximum Gasteiger partial charge on any atom is 0.321 e. The molecule has 31 heavy (non-hydrogen) atoms. The second-order valence-electron chi connectivity index (χ2n) is 7.49. The Bertz CT molecular complexity index is 993. The van der Waals surface area contributed by atoms with Gasteiger partial charge in [-0.15, -0.1) is 5.10 Å². The van der Waals surface area contributed by atoms with Crippen molar-refractivity contribution in [1.29, 1.82) is 0 Å². The van der Waals surface area contributed by atoms with Gasteiger partial charge >= 0.3 is 6.03 Å². The Balaban J connectivity index is 1.32. The van der Waals surface area contributed by atoms with Crippen LogP contribution in [0.3, 0.4) is 0 Å². The fraction of sp³-hybridized carbons (Fsp3) is 0.364. The van der Waals surface area contributed by atoms with Gasteiger partial charge in [-0.2, -0.15) is 4.68 Å². The molecule has 1 N–H and O–H groups in total. The van der Waals surface area contributed by atoms with Crippen molar-refractivity contribution in [3.8, 4) is 11.4 Å². The number of rotatable bonds is 6. The second kappa shape index (κ2) is 9.57. The first-order chi connectivity index (χ1) is 15.1. The number of urea groups is 1. The third-order valence-electron chi connectivity index (χ3n) is 5.25. The number of carbonyl (C=O) groups is 1. The van der Waals surface area contributed by atoms with Gasteiger partial charge in [-0.1, -0.05) is 17.7 Å². The van der Waals surface area contributed by atoms with E-state index >= 15 is 0 Å². The van der Waals surface area contributed by atoms with Crippen molar-refractivity contribution in [2.45, 2.75) is 20.4 Å². The Morgan fingerprint density at radius 3 is 2.42 bits per heavy atom. The van der Waals surface area contributed by atoms with Crippen molar-refractivity contribution in [2.24, 2.45) is 0 Å². The molecule has 1 fully saturated rings. The van der Waals surface area contributed by atoms with E-state index in [2.05, 4.69) is 25.7 Å². The van der Waals surface area contributed by atoms with E-state index in [1.54, 1.807) is 4.68 Å². The number of nitrogens with one attached hydrogen (secondary N) is 1. The van der Waals surface area contributed by atoms with Crippen molar-refractivity contribution in [2.75, 3.05) is 38.1 Å². The van der Waals surface area contributed by atoms with Crippen LogP contribution in [0.1, 0.15) is 18.3 Å². The lowest BCUT2D eigenvalue weighted by Crippen LogP contribution is -2.49. The molecule has 0 bridgehead atoms. The van der Waals surface area contributed by atoms with Gasteiger partial charge in [-0.3, -0.25) is 4.90 Å². The zero-order valence-corrected chi connectivity index (χ0v) is 17.9.